The van der Waals surface area contributed by atoms with Crippen molar-refractivity contribution in [2.45, 2.75) is 13.0 Å². The van der Waals surface area contributed by atoms with Gasteiger partial charge in [-0.3, -0.25) is 10.1 Å². The van der Waals surface area contributed by atoms with Crippen LogP contribution in [0.1, 0.15) is 17.3 Å². The smallest absolute Gasteiger partial charge is 0.339 e. The number of ether oxygens (including phenoxy) is 1. The third-order valence-corrected chi connectivity index (χ3v) is 2.76. The molecule has 1 aromatic rings. The SMILES string of the molecule is CC(Oc1ccc(I)cc1C(=O)O)C(=O)NC(N)=O. The van der Waals surface area contributed by atoms with Crippen LogP contribution < -0.4 is 15.8 Å². The van der Waals surface area contributed by atoms with Crippen LogP contribution in [0.3, 0.4) is 0 Å². The van der Waals surface area contributed by atoms with E-state index in [-0.39, 0.29) is 11.3 Å². The van der Waals surface area contributed by atoms with Crippen LogP contribution in [0, 0.1) is 3.57 Å². The maximum Gasteiger partial charge on any atom is 0.339 e. The minimum atomic E-state index is -1.17. The first-order valence-corrected chi connectivity index (χ1v) is 6.19. The molecule has 0 saturated heterocycles. The first-order valence-electron chi connectivity index (χ1n) is 5.11. The predicted molar refractivity (Wildman–Crippen MR) is 73.9 cm³/mol. The van der Waals surface area contributed by atoms with Crippen LogP contribution in [0.5, 0.6) is 5.75 Å². The lowest BCUT2D eigenvalue weighted by atomic mass is 10.2. The van der Waals surface area contributed by atoms with Crippen molar-refractivity contribution in [2.75, 3.05) is 0 Å². The van der Waals surface area contributed by atoms with Crippen LogP contribution in [-0.2, 0) is 4.79 Å². The number of urea groups is 1. The summed E-state index contributed by atoms with van der Waals surface area (Å²) in [7, 11) is 0. The zero-order chi connectivity index (χ0) is 14.6. The Labute approximate surface area is 122 Å². The van der Waals surface area contributed by atoms with Crippen molar-refractivity contribution in [3.63, 3.8) is 0 Å². The lowest BCUT2D eigenvalue weighted by Gasteiger charge is -2.15. The van der Waals surface area contributed by atoms with Crippen LogP contribution in [0.15, 0.2) is 18.2 Å². The van der Waals surface area contributed by atoms with Crippen molar-refractivity contribution in [1.82, 2.24) is 5.32 Å². The second kappa shape index (κ2) is 6.36. The van der Waals surface area contributed by atoms with Gasteiger partial charge in [-0.25, -0.2) is 9.59 Å². The summed E-state index contributed by atoms with van der Waals surface area (Å²) in [4.78, 5) is 33.0. The summed E-state index contributed by atoms with van der Waals surface area (Å²) in [5.74, 6) is -1.88. The molecule has 0 heterocycles. The van der Waals surface area contributed by atoms with E-state index < -0.39 is 24.0 Å². The van der Waals surface area contributed by atoms with Crippen LogP contribution in [0.4, 0.5) is 4.79 Å². The summed E-state index contributed by atoms with van der Waals surface area (Å²) in [5.41, 5.74) is 4.74. The Hall–Kier alpha value is -1.84. The number of carbonyl (C=O) groups excluding carboxylic acids is 2. The van der Waals surface area contributed by atoms with E-state index in [0.29, 0.717) is 0 Å². The number of primary amides is 1. The van der Waals surface area contributed by atoms with Gasteiger partial charge in [0.25, 0.3) is 5.91 Å². The average molecular weight is 378 g/mol. The predicted octanol–water partition coefficient (Wildman–Crippen LogP) is 0.952. The summed E-state index contributed by atoms with van der Waals surface area (Å²) in [6.45, 7) is 1.38. The summed E-state index contributed by atoms with van der Waals surface area (Å²) in [6, 6.07) is 3.50. The fourth-order valence-electron chi connectivity index (χ4n) is 1.24. The van der Waals surface area contributed by atoms with Crippen molar-refractivity contribution >= 4 is 40.5 Å². The molecule has 0 aliphatic heterocycles. The zero-order valence-corrected chi connectivity index (χ0v) is 12.0. The van der Waals surface area contributed by atoms with Gasteiger partial charge in [-0.15, -0.1) is 0 Å². The van der Waals surface area contributed by atoms with Gasteiger partial charge in [0, 0.05) is 3.57 Å². The molecule has 0 aliphatic carbocycles. The number of nitrogens with two attached hydrogens (primary N) is 1. The lowest BCUT2D eigenvalue weighted by Crippen LogP contribution is -2.42. The van der Waals surface area contributed by atoms with Crippen molar-refractivity contribution in [3.05, 3.63) is 27.3 Å². The molecule has 1 rings (SSSR count). The van der Waals surface area contributed by atoms with Crippen LogP contribution in [-0.4, -0.2) is 29.1 Å². The first kappa shape index (κ1) is 15.2. The third kappa shape index (κ3) is 4.39. The number of nitrogens with one attached hydrogen (secondary N) is 1. The van der Waals surface area contributed by atoms with Gasteiger partial charge in [-0.05, 0) is 47.7 Å². The molecule has 1 unspecified atom stereocenters. The fraction of sp³-hybridized carbons (Fsp3) is 0.182. The summed E-state index contributed by atoms with van der Waals surface area (Å²) in [6.07, 6.45) is -1.05. The molecule has 1 atom stereocenters. The molecule has 0 aromatic heterocycles. The van der Waals surface area contributed by atoms with Gasteiger partial charge < -0.3 is 15.6 Å². The van der Waals surface area contributed by atoms with Crippen LogP contribution in [0.25, 0.3) is 0 Å². The normalized spacial score (nSPS) is 11.5. The Balaban J connectivity index is 2.90. The van der Waals surface area contributed by atoms with E-state index in [2.05, 4.69) is 0 Å². The summed E-state index contributed by atoms with van der Waals surface area (Å²) < 4.78 is 5.94. The Morgan fingerprint density at radius 2 is 2.05 bits per heavy atom. The zero-order valence-electron chi connectivity index (χ0n) is 9.84. The van der Waals surface area contributed by atoms with Gasteiger partial charge >= 0.3 is 12.0 Å². The van der Waals surface area contributed by atoms with Gasteiger partial charge in [0.2, 0.25) is 0 Å². The largest absolute Gasteiger partial charge is 0.480 e. The van der Waals surface area contributed by atoms with Crippen molar-refractivity contribution < 1.29 is 24.2 Å². The highest BCUT2D eigenvalue weighted by Gasteiger charge is 2.19. The molecule has 0 bridgehead atoms. The number of carboxylic acids is 1. The second-order valence-electron chi connectivity index (χ2n) is 3.56. The maximum absolute atomic E-state index is 11.4. The molecule has 0 fully saturated rings. The Morgan fingerprint density at radius 3 is 2.58 bits per heavy atom. The number of carboxylic acid groups (broad SMARTS) is 1. The molecule has 1 aromatic carbocycles. The van der Waals surface area contributed by atoms with Gasteiger partial charge in [-0.1, -0.05) is 0 Å². The minimum absolute atomic E-state index is 0.0417. The topological polar surface area (TPSA) is 119 Å². The lowest BCUT2D eigenvalue weighted by molar-refractivity contribution is -0.126. The Morgan fingerprint density at radius 1 is 1.42 bits per heavy atom. The van der Waals surface area contributed by atoms with Gasteiger partial charge in [0.05, 0.1) is 0 Å². The number of amides is 3. The third-order valence-electron chi connectivity index (χ3n) is 2.09. The summed E-state index contributed by atoms with van der Waals surface area (Å²) in [5, 5.41) is 10.9. The van der Waals surface area contributed by atoms with E-state index in [1.807, 2.05) is 27.9 Å². The summed E-state index contributed by atoms with van der Waals surface area (Å²) >= 11 is 1.96. The van der Waals surface area contributed by atoms with E-state index in [4.69, 9.17) is 15.6 Å². The minimum Gasteiger partial charge on any atom is -0.480 e. The van der Waals surface area contributed by atoms with Crippen molar-refractivity contribution in [1.29, 1.82) is 0 Å². The number of hydrogen-bond acceptors (Lipinski definition) is 4. The monoisotopic (exact) mass is 378 g/mol. The molecule has 7 nitrogen and oxygen atoms in total. The fourth-order valence-corrected chi connectivity index (χ4v) is 1.73. The Kier molecular flexibility index (Phi) is 5.10. The molecule has 0 aliphatic rings. The van der Waals surface area contributed by atoms with E-state index >= 15 is 0 Å². The number of hydrogen-bond donors (Lipinski definition) is 3. The highest BCUT2D eigenvalue weighted by molar-refractivity contribution is 14.1. The van der Waals surface area contributed by atoms with Gasteiger partial charge in [0.1, 0.15) is 11.3 Å². The molecular formula is C11H11IN2O5. The number of benzene rings is 1. The molecule has 0 saturated carbocycles. The molecule has 102 valence electrons. The second-order valence-corrected chi connectivity index (χ2v) is 4.80. The quantitative estimate of drug-likeness (QED) is 0.675. The molecule has 8 heteroatoms. The van der Waals surface area contributed by atoms with E-state index in [1.54, 1.807) is 6.07 Å². The highest BCUT2D eigenvalue weighted by atomic mass is 127. The van der Waals surface area contributed by atoms with E-state index in [0.717, 1.165) is 3.57 Å². The molecule has 3 amide bonds. The Bertz CT molecular complexity index is 532. The average Bonchev–Trinajstić information content (AvgIpc) is 2.30. The van der Waals surface area contributed by atoms with Crippen molar-refractivity contribution in [3.8, 4) is 5.75 Å². The first-order chi connectivity index (χ1) is 8.81. The standard InChI is InChI=1S/C11H11IN2O5/c1-5(9(15)14-11(13)18)19-8-3-2-6(12)4-7(8)10(16)17/h2-5H,1H3,(H,16,17)(H3,13,14,15,18). The molecular weight excluding hydrogens is 367 g/mol. The number of halogens is 1. The van der Waals surface area contributed by atoms with Gasteiger partial charge in [-0.2, -0.15) is 0 Å². The highest BCUT2D eigenvalue weighted by Crippen LogP contribution is 2.22. The number of rotatable bonds is 4. The molecule has 19 heavy (non-hydrogen) atoms. The number of imide groups is 1. The molecule has 0 spiro atoms. The number of aromatic carboxylic acids is 1. The van der Waals surface area contributed by atoms with Crippen LogP contribution in [0.2, 0.25) is 0 Å². The van der Waals surface area contributed by atoms with E-state index in [1.165, 1.54) is 19.1 Å². The maximum atomic E-state index is 11.4. The molecule has 0 radical (unpaired) electrons. The van der Waals surface area contributed by atoms with Crippen LogP contribution >= 0.6 is 22.6 Å². The number of carbonyl (C=O) groups is 3. The van der Waals surface area contributed by atoms with Crippen molar-refractivity contribution in [2.24, 2.45) is 5.73 Å². The van der Waals surface area contributed by atoms with Gasteiger partial charge in [0.15, 0.2) is 6.10 Å². The molecule has 4 N–H and O–H groups in total. The van der Waals surface area contributed by atoms with E-state index in [9.17, 15) is 14.4 Å².